The van der Waals surface area contributed by atoms with Crippen molar-refractivity contribution in [2.45, 2.75) is 0 Å². The van der Waals surface area contributed by atoms with Gasteiger partial charge in [-0.3, -0.25) is 0 Å². The van der Waals surface area contributed by atoms with Gasteiger partial charge in [0.05, 0.1) is 16.1 Å². The summed E-state index contributed by atoms with van der Waals surface area (Å²) in [4.78, 5) is 2.48. The van der Waals surface area contributed by atoms with E-state index in [2.05, 4.69) is 217 Å². The minimum atomic E-state index is 1.11. The molecule has 0 saturated carbocycles. The van der Waals surface area contributed by atoms with E-state index in [-0.39, 0.29) is 0 Å². The smallest absolute Gasteiger partial charge is 0.0640 e. The molecule has 268 valence electrons. The van der Waals surface area contributed by atoms with Gasteiger partial charge in [0.25, 0.3) is 0 Å². The summed E-state index contributed by atoms with van der Waals surface area (Å²) in [5.41, 5.74) is 13.1. The number of thiophene rings is 2. The largest absolute Gasteiger partial charge is 0.308 e. The lowest BCUT2D eigenvalue weighted by Gasteiger charge is -2.29. The molecular weight excluding hydrogens is 727 g/mol. The van der Waals surface area contributed by atoms with Crippen LogP contribution in [0.3, 0.4) is 0 Å². The van der Waals surface area contributed by atoms with Crippen molar-refractivity contribution in [3.8, 4) is 44.5 Å². The second-order valence-electron chi connectivity index (χ2n) is 14.4. The number of benzene rings is 9. The van der Waals surface area contributed by atoms with E-state index in [1.165, 1.54) is 90.5 Å². The minimum absolute atomic E-state index is 1.11. The Hall–Kier alpha value is -6.78. The Labute approximate surface area is 340 Å². The maximum atomic E-state index is 2.48. The van der Waals surface area contributed by atoms with Crippen LogP contribution in [0.2, 0.25) is 0 Å². The fraction of sp³-hybridized carbons (Fsp3) is 0. The first-order valence-electron chi connectivity index (χ1n) is 19.3. The molecule has 0 fully saturated rings. The lowest BCUT2D eigenvalue weighted by Crippen LogP contribution is -2.11. The number of hydrogen-bond acceptors (Lipinski definition) is 3. The van der Waals surface area contributed by atoms with Crippen molar-refractivity contribution < 1.29 is 0 Å². The van der Waals surface area contributed by atoms with Gasteiger partial charge in [0, 0.05) is 46.9 Å². The van der Waals surface area contributed by atoms with Gasteiger partial charge in [-0.25, -0.2) is 0 Å². The van der Waals surface area contributed by atoms with Crippen molar-refractivity contribution in [1.29, 1.82) is 0 Å². The molecule has 0 radical (unpaired) electrons. The number of para-hydroxylation sites is 1. The molecule has 0 bridgehead atoms. The van der Waals surface area contributed by atoms with Gasteiger partial charge in [-0.15, -0.1) is 22.7 Å². The van der Waals surface area contributed by atoms with E-state index >= 15 is 0 Å². The average Bonchev–Trinajstić information content (AvgIpc) is 3.86. The molecule has 0 N–H and O–H groups in total. The van der Waals surface area contributed by atoms with E-state index in [4.69, 9.17) is 0 Å². The normalized spacial score (nSPS) is 11.5. The summed E-state index contributed by atoms with van der Waals surface area (Å²) < 4.78 is 5.21. The van der Waals surface area contributed by atoms with Crippen molar-refractivity contribution in [3.05, 3.63) is 212 Å². The topological polar surface area (TPSA) is 3.24 Å². The van der Waals surface area contributed by atoms with Crippen LogP contribution in [0.4, 0.5) is 17.1 Å². The lowest BCUT2D eigenvalue weighted by atomic mass is 9.88. The lowest BCUT2D eigenvalue weighted by molar-refractivity contribution is 1.30. The zero-order valence-corrected chi connectivity index (χ0v) is 32.6. The Morgan fingerprint density at radius 2 is 0.789 bits per heavy atom. The first-order valence-corrected chi connectivity index (χ1v) is 21.0. The van der Waals surface area contributed by atoms with E-state index in [1.54, 1.807) is 0 Å². The molecule has 11 rings (SSSR count). The summed E-state index contributed by atoms with van der Waals surface area (Å²) in [6, 6.07) is 77.6. The Morgan fingerprint density at radius 1 is 0.281 bits per heavy atom. The van der Waals surface area contributed by atoms with Gasteiger partial charge in [0.1, 0.15) is 0 Å². The maximum absolute atomic E-state index is 2.48. The van der Waals surface area contributed by atoms with E-state index in [0.29, 0.717) is 0 Å². The highest BCUT2D eigenvalue weighted by molar-refractivity contribution is 7.26. The molecule has 11 aromatic rings. The first kappa shape index (κ1) is 33.5. The molecule has 0 saturated heterocycles. The van der Waals surface area contributed by atoms with Gasteiger partial charge in [-0.2, -0.15) is 0 Å². The highest BCUT2D eigenvalue weighted by atomic mass is 32.1. The molecule has 0 amide bonds. The van der Waals surface area contributed by atoms with Crippen molar-refractivity contribution >= 4 is 80.1 Å². The predicted octanol–water partition coefficient (Wildman–Crippen LogP) is 16.6. The van der Waals surface area contributed by atoms with Crippen LogP contribution in [-0.4, -0.2) is 0 Å². The van der Waals surface area contributed by atoms with Gasteiger partial charge in [-0.05, 0) is 81.4 Å². The van der Waals surface area contributed by atoms with Gasteiger partial charge in [0.2, 0.25) is 0 Å². The third kappa shape index (κ3) is 5.83. The summed E-state index contributed by atoms with van der Waals surface area (Å²) in [6.45, 7) is 0. The van der Waals surface area contributed by atoms with Crippen LogP contribution in [0.1, 0.15) is 0 Å². The van der Waals surface area contributed by atoms with E-state index in [1.807, 2.05) is 22.7 Å². The summed E-state index contributed by atoms with van der Waals surface area (Å²) in [6.07, 6.45) is 0. The monoisotopic (exact) mass is 761 g/mol. The molecule has 1 nitrogen and oxygen atoms in total. The standard InChI is InChI=1S/C54H35NS2/c1-2-15-37(16-3-1)40-17-4-5-18-41(40)42-19-6-7-20-43(42)44-21-8-11-25-49(44)55(50-26-14-24-48-46-23-10-13-28-52(46)57-54(48)50)39-32-29-36(30-33-39)38-31-34-47-45-22-9-12-27-51(45)56-53(47)35-38/h1-35H. The molecule has 0 aliphatic heterocycles. The van der Waals surface area contributed by atoms with E-state index < -0.39 is 0 Å². The predicted molar refractivity (Wildman–Crippen MR) is 249 cm³/mol. The number of rotatable bonds is 7. The van der Waals surface area contributed by atoms with Gasteiger partial charge >= 0.3 is 0 Å². The zero-order valence-electron chi connectivity index (χ0n) is 31.0. The van der Waals surface area contributed by atoms with Crippen molar-refractivity contribution in [2.75, 3.05) is 4.90 Å². The molecule has 0 unspecified atom stereocenters. The Bertz CT molecular complexity index is 3240. The molecule has 0 atom stereocenters. The summed E-state index contributed by atoms with van der Waals surface area (Å²) in [5, 5.41) is 5.22. The third-order valence-electron chi connectivity index (χ3n) is 11.1. The Morgan fingerprint density at radius 3 is 1.54 bits per heavy atom. The second-order valence-corrected chi connectivity index (χ2v) is 16.6. The quantitative estimate of drug-likeness (QED) is 0.156. The third-order valence-corrected chi connectivity index (χ3v) is 13.5. The molecule has 57 heavy (non-hydrogen) atoms. The van der Waals surface area contributed by atoms with Crippen molar-refractivity contribution in [1.82, 2.24) is 0 Å². The molecule has 3 heteroatoms. The first-order chi connectivity index (χ1) is 28.3. The summed E-state index contributed by atoms with van der Waals surface area (Å²) >= 11 is 3.74. The molecule has 0 spiro atoms. The fourth-order valence-electron chi connectivity index (χ4n) is 8.46. The van der Waals surface area contributed by atoms with Gasteiger partial charge < -0.3 is 4.90 Å². The van der Waals surface area contributed by atoms with E-state index in [0.717, 1.165) is 11.4 Å². The number of nitrogens with zero attached hydrogens (tertiary/aromatic N) is 1. The minimum Gasteiger partial charge on any atom is -0.308 e. The van der Waals surface area contributed by atoms with Crippen LogP contribution >= 0.6 is 22.7 Å². The molecule has 2 aromatic heterocycles. The molecular formula is C54H35NS2. The van der Waals surface area contributed by atoms with Crippen LogP contribution in [0.5, 0.6) is 0 Å². The molecule has 0 aliphatic carbocycles. The zero-order chi connectivity index (χ0) is 37.7. The van der Waals surface area contributed by atoms with Gasteiger partial charge in [-0.1, -0.05) is 170 Å². The maximum Gasteiger partial charge on any atom is 0.0640 e. The fourth-order valence-corrected chi connectivity index (χ4v) is 10.8. The van der Waals surface area contributed by atoms with Crippen molar-refractivity contribution in [3.63, 3.8) is 0 Å². The van der Waals surface area contributed by atoms with Gasteiger partial charge in [0.15, 0.2) is 0 Å². The number of anilines is 3. The van der Waals surface area contributed by atoms with Crippen LogP contribution in [0.25, 0.3) is 84.9 Å². The van der Waals surface area contributed by atoms with Crippen molar-refractivity contribution in [2.24, 2.45) is 0 Å². The Balaban J connectivity index is 1.10. The SMILES string of the molecule is c1ccc(-c2ccccc2-c2ccccc2-c2ccccc2N(c2ccc(-c3ccc4c(c3)sc3ccccc34)cc2)c2cccc3c2sc2ccccc23)cc1. The molecule has 9 aromatic carbocycles. The van der Waals surface area contributed by atoms with E-state index in [9.17, 15) is 0 Å². The molecule has 0 aliphatic rings. The summed E-state index contributed by atoms with van der Waals surface area (Å²) in [5.74, 6) is 0. The summed E-state index contributed by atoms with van der Waals surface area (Å²) in [7, 11) is 0. The average molecular weight is 762 g/mol. The Kier molecular flexibility index (Phi) is 8.28. The second kappa shape index (κ2) is 14.1. The highest BCUT2D eigenvalue weighted by Gasteiger charge is 2.23. The van der Waals surface area contributed by atoms with Crippen LogP contribution in [0, 0.1) is 0 Å². The highest BCUT2D eigenvalue weighted by Crippen LogP contribution is 2.49. The van der Waals surface area contributed by atoms with Crippen LogP contribution in [0.15, 0.2) is 212 Å². The van der Waals surface area contributed by atoms with Crippen LogP contribution < -0.4 is 4.90 Å². The number of hydrogen-bond donors (Lipinski definition) is 0. The number of fused-ring (bicyclic) bond motifs is 6. The molecule has 2 heterocycles. The van der Waals surface area contributed by atoms with Crippen LogP contribution in [-0.2, 0) is 0 Å².